The summed E-state index contributed by atoms with van der Waals surface area (Å²) in [6.07, 6.45) is 0. The second kappa shape index (κ2) is 2.78. The first-order valence-corrected chi connectivity index (χ1v) is 3.36. The van der Waals surface area contributed by atoms with E-state index in [1.165, 1.54) is 0 Å². The smallest absolute Gasteiger partial charge is 0.0784 e. The molecule has 9 heavy (non-hydrogen) atoms. The molecule has 3 heteroatoms. The molecule has 0 N–H and O–H groups in total. The summed E-state index contributed by atoms with van der Waals surface area (Å²) in [6.45, 7) is 0. The molecular weight excluding hydrogens is 178 g/mol. The van der Waals surface area contributed by atoms with Crippen LogP contribution in [0.3, 0.4) is 0 Å². The van der Waals surface area contributed by atoms with Crippen molar-refractivity contribution < 1.29 is 0 Å². The molecule has 0 nitrogen and oxygen atoms in total. The highest BCUT2D eigenvalue weighted by molar-refractivity contribution is 6.47. The molecule has 0 saturated heterocycles. The lowest BCUT2D eigenvalue weighted by Gasteiger charge is -1.93. The van der Waals surface area contributed by atoms with Gasteiger partial charge in [0.1, 0.15) is 0 Å². The van der Waals surface area contributed by atoms with E-state index in [2.05, 4.69) is 6.07 Å². The van der Waals surface area contributed by atoms with Gasteiger partial charge in [0.2, 0.25) is 0 Å². The van der Waals surface area contributed by atoms with E-state index in [1.54, 1.807) is 12.1 Å². The first kappa shape index (κ1) is 7.20. The number of hydrogen-bond donors (Lipinski definition) is 0. The van der Waals surface area contributed by atoms with Gasteiger partial charge < -0.3 is 0 Å². The molecule has 0 aliphatic carbocycles. The van der Waals surface area contributed by atoms with E-state index in [9.17, 15) is 0 Å². The molecule has 47 valence electrons. The Morgan fingerprint density at radius 1 is 1.22 bits per heavy atom. The zero-order valence-electron chi connectivity index (χ0n) is 4.29. The molecule has 0 unspecified atom stereocenters. The van der Waals surface area contributed by atoms with E-state index in [1.807, 2.05) is 0 Å². The lowest BCUT2D eigenvalue weighted by Crippen LogP contribution is -1.68. The van der Waals surface area contributed by atoms with Crippen molar-refractivity contribution in [2.75, 3.05) is 0 Å². The average molecular weight is 180 g/mol. The number of hydrogen-bond acceptors (Lipinski definition) is 0. The van der Waals surface area contributed by atoms with E-state index in [-0.39, 0.29) is 0 Å². The molecule has 0 bridgehead atoms. The third-order valence-electron chi connectivity index (χ3n) is 0.842. The zero-order chi connectivity index (χ0) is 6.85. The van der Waals surface area contributed by atoms with Crippen LogP contribution >= 0.6 is 34.8 Å². The Kier molecular flexibility index (Phi) is 2.23. The van der Waals surface area contributed by atoms with Crippen molar-refractivity contribution in [1.29, 1.82) is 0 Å². The average Bonchev–Trinajstić information content (AvgIpc) is 1.83. The van der Waals surface area contributed by atoms with Gasteiger partial charge in [-0.2, -0.15) is 0 Å². The molecule has 0 aliphatic rings. The molecule has 0 aromatic heterocycles. The van der Waals surface area contributed by atoms with E-state index in [4.69, 9.17) is 34.8 Å². The summed E-state index contributed by atoms with van der Waals surface area (Å²) >= 11 is 16.7. The normalized spacial score (nSPS) is 9.67. The van der Waals surface area contributed by atoms with Crippen molar-refractivity contribution in [3.63, 3.8) is 0 Å². The van der Waals surface area contributed by atoms with Crippen molar-refractivity contribution in [3.05, 3.63) is 33.3 Å². The molecule has 0 heterocycles. The Morgan fingerprint density at radius 2 is 1.89 bits per heavy atom. The summed E-state index contributed by atoms with van der Waals surface area (Å²) in [6, 6.07) is 5.95. The molecule has 1 radical (unpaired) electrons. The second-order valence-electron chi connectivity index (χ2n) is 1.45. The lowest BCUT2D eigenvalue weighted by atomic mass is 10.4. The summed E-state index contributed by atoms with van der Waals surface area (Å²) in [5.74, 6) is 0. The minimum Gasteiger partial charge on any atom is -0.0827 e. The predicted molar refractivity (Wildman–Crippen MR) is 40.3 cm³/mol. The molecule has 0 fully saturated rings. The van der Waals surface area contributed by atoms with E-state index in [0.29, 0.717) is 15.1 Å². The van der Waals surface area contributed by atoms with Crippen LogP contribution in [0, 0.1) is 6.07 Å². The first-order valence-electron chi connectivity index (χ1n) is 2.23. The molecule has 0 atom stereocenters. The Hall–Kier alpha value is 0.0900. The summed E-state index contributed by atoms with van der Waals surface area (Å²) < 4.78 is 0. The molecule has 1 aromatic rings. The van der Waals surface area contributed by atoms with Gasteiger partial charge >= 0.3 is 0 Å². The Morgan fingerprint density at radius 3 is 2.33 bits per heavy atom. The first-order chi connectivity index (χ1) is 4.22. The van der Waals surface area contributed by atoms with Gasteiger partial charge in [-0.15, -0.1) is 0 Å². The molecule has 0 aliphatic heterocycles. The minimum absolute atomic E-state index is 0.362. The van der Waals surface area contributed by atoms with Gasteiger partial charge in [-0.1, -0.05) is 40.9 Å². The van der Waals surface area contributed by atoms with Gasteiger partial charge in [-0.3, -0.25) is 0 Å². The third kappa shape index (κ3) is 1.51. The van der Waals surface area contributed by atoms with Gasteiger partial charge in [0.15, 0.2) is 0 Å². The summed E-state index contributed by atoms with van der Waals surface area (Å²) in [5.41, 5.74) is 0. The summed E-state index contributed by atoms with van der Waals surface area (Å²) in [5, 5.41) is 1.19. The fraction of sp³-hybridized carbons (Fsp3) is 0. The molecular formula is C6H2Cl3. The summed E-state index contributed by atoms with van der Waals surface area (Å²) in [4.78, 5) is 0. The quantitative estimate of drug-likeness (QED) is 0.537. The minimum atomic E-state index is 0.362. The maximum atomic E-state index is 5.58. The van der Waals surface area contributed by atoms with Crippen LogP contribution in [-0.2, 0) is 0 Å². The van der Waals surface area contributed by atoms with Crippen LogP contribution < -0.4 is 0 Å². The third-order valence-corrected chi connectivity index (χ3v) is 2.04. The maximum absolute atomic E-state index is 5.58. The van der Waals surface area contributed by atoms with E-state index >= 15 is 0 Å². The largest absolute Gasteiger partial charge is 0.0827 e. The monoisotopic (exact) mass is 179 g/mol. The van der Waals surface area contributed by atoms with Gasteiger partial charge in [-0.25, -0.2) is 0 Å². The van der Waals surface area contributed by atoms with Crippen LogP contribution in [0.1, 0.15) is 0 Å². The van der Waals surface area contributed by atoms with Crippen molar-refractivity contribution >= 4 is 34.8 Å². The highest BCUT2D eigenvalue weighted by Gasteiger charge is 1.99. The fourth-order valence-corrected chi connectivity index (χ4v) is 0.918. The lowest BCUT2D eigenvalue weighted by molar-refractivity contribution is 1.69. The van der Waals surface area contributed by atoms with Crippen LogP contribution in [0.4, 0.5) is 0 Å². The highest BCUT2D eigenvalue weighted by atomic mass is 35.5. The summed E-state index contributed by atoms with van der Waals surface area (Å²) in [7, 11) is 0. The topological polar surface area (TPSA) is 0 Å². The SMILES string of the molecule is Clc1[c]ccc(Cl)c1Cl. The van der Waals surface area contributed by atoms with Crippen molar-refractivity contribution in [2.45, 2.75) is 0 Å². The Bertz CT molecular complexity index is 199. The Labute approximate surface area is 68.3 Å². The molecule has 1 aromatic carbocycles. The van der Waals surface area contributed by atoms with Gasteiger partial charge in [-0.05, 0) is 6.07 Å². The predicted octanol–water partition coefficient (Wildman–Crippen LogP) is 3.45. The van der Waals surface area contributed by atoms with Crippen LogP contribution in [0.25, 0.3) is 0 Å². The van der Waals surface area contributed by atoms with E-state index < -0.39 is 0 Å². The molecule has 0 amide bonds. The highest BCUT2D eigenvalue weighted by Crippen LogP contribution is 2.28. The van der Waals surface area contributed by atoms with Crippen LogP contribution in [0.15, 0.2) is 12.1 Å². The van der Waals surface area contributed by atoms with Crippen LogP contribution in [-0.4, -0.2) is 0 Å². The van der Waals surface area contributed by atoms with Crippen molar-refractivity contribution in [3.8, 4) is 0 Å². The Balaban J connectivity index is 3.25. The van der Waals surface area contributed by atoms with E-state index in [0.717, 1.165) is 0 Å². The van der Waals surface area contributed by atoms with Crippen LogP contribution in [0.5, 0.6) is 0 Å². The molecule has 0 spiro atoms. The van der Waals surface area contributed by atoms with Gasteiger partial charge in [0, 0.05) is 6.07 Å². The maximum Gasteiger partial charge on any atom is 0.0784 e. The van der Waals surface area contributed by atoms with Gasteiger partial charge in [0.05, 0.1) is 15.1 Å². The molecule has 0 saturated carbocycles. The fourth-order valence-electron chi connectivity index (χ4n) is 0.429. The van der Waals surface area contributed by atoms with Gasteiger partial charge in [0.25, 0.3) is 0 Å². The van der Waals surface area contributed by atoms with Crippen LogP contribution in [0.2, 0.25) is 15.1 Å². The number of halogens is 3. The number of rotatable bonds is 0. The zero-order valence-corrected chi connectivity index (χ0v) is 6.56. The second-order valence-corrected chi connectivity index (χ2v) is 2.62. The standard InChI is InChI=1S/C6H2Cl3/c7-4-2-1-3-5(8)6(4)9/h1-2H. The van der Waals surface area contributed by atoms with Crippen molar-refractivity contribution in [2.24, 2.45) is 0 Å². The molecule has 1 rings (SSSR count). The van der Waals surface area contributed by atoms with Crippen molar-refractivity contribution in [1.82, 2.24) is 0 Å². The number of benzene rings is 1.